The van der Waals surface area contributed by atoms with Crippen molar-refractivity contribution in [1.29, 1.82) is 0 Å². The average Bonchev–Trinajstić information content (AvgIpc) is 2.48. The van der Waals surface area contributed by atoms with Gasteiger partial charge >= 0.3 is 0 Å². The van der Waals surface area contributed by atoms with Gasteiger partial charge in [0.2, 0.25) is 0 Å². The van der Waals surface area contributed by atoms with E-state index in [0.717, 1.165) is 0 Å². The molecule has 1 aromatic carbocycles. The number of non-ortho nitro benzene ring substituents is 1. The second-order valence-electron chi connectivity index (χ2n) is 3.91. The number of hydrogen-bond donors (Lipinski definition) is 1. The lowest BCUT2D eigenvalue weighted by Gasteiger charge is -2.22. The molecule has 0 fully saturated rings. The highest BCUT2D eigenvalue weighted by Crippen LogP contribution is 2.34. The van der Waals surface area contributed by atoms with Crippen molar-refractivity contribution >= 4 is 11.4 Å². The molecule has 6 heteroatoms. The molecule has 1 aliphatic rings. The number of aliphatic hydroxyl groups excluding tert-OH is 1. The molecule has 92 valence electrons. The summed E-state index contributed by atoms with van der Waals surface area (Å²) in [5.74, 6) is 0.578. The summed E-state index contributed by atoms with van der Waals surface area (Å²) in [5.41, 5.74) is 0.695. The van der Waals surface area contributed by atoms with E-state index in [1.165, 1.54) is 12.1 Å². The maximum Gasteiger partial charge on any atom is 0.271 e. The van der Waals surface area contributed by atoms with Crippen LogP contribution in [0.25, 0.3) is 0 Å². The highest BCUT2D eigenvalue weighted by atomic mass is 16.6. The van der Waals surface area contributed by atoms with Gasteiger partial charge in [0.25, 0.3) is 5.69 Å². The first-order chi connectivity index (χ1) is 8.11. The highest BCUT2D eigenvalue weighted by molar-refractivity contribution is 5.63. The molecule has 1 N–H and O–H groups in total. The number of nitro groups is 1. The van der Waals surface area contributed by atoms with Crippen molar-refractivity contribution < 1.29 is 14.8 Å². The van der Waals surface area contributed by atoms with Crippen molar-refractivity contribution in [2.45, 2.75) is 13.0 Å². The zero-order chi connectivity index (χ0) is 12.4. The molecule has 0 saturated carbocycles. The first kappa shape index (κ1) is 11.7. The number of β-amino-alcohol motifs (C(OH)–C–C–N with tert-alkyl or cyclic N) is 1. The van der Waals surface area contributed by atoms with Gasteiger partial charge in [-0.1, -0.05) is 0 Å². The Morgan fingerprint density at radius 1 is 1.65 bits per heavy atom. The molecular formula is C11H14N2O4. The number of fused-ring (bicyclic) bond motifs is 1. The van der Waals surface area contributed by atoms with Gasteiger partial charge < -0.3 is 14.7 Å². The van der Waals surface area contributed by atoms with Gasteiger partial charge in [-0.2, -0.15) is 0 Å². The monoisotopic (exact) mass is 238 g/mol. The molecule has 1 unspecified atom stereocenters. The topological polar surface area (TPSA) is 75.8 Å². The van der Waals surface area contributed by atoms with Crippen molar-refractivity contribution in [2.75, 3.05) is 24.6 Å². The number of hydrogen-bond acceptors (Lipinski definition) is 5. The van der Waals surface area contributed by atoms with E-state index in [-0.39, 0.29) is 12.3 Å². The fraction of sp³-hybridized carbons (Fsp3) is 0.455. The van der Waals surface area contributed by atoms with Gasteiger partial charge in [0.15, 0.2) is 0 Å². The van der Waals surface area contributed by atoms with E-state index >= 15 is 0 Å². The van der Waals surface area contributed by atoms with Crippen LogP contribution in [0.2, 0.25) is 0 Å². The molecule has 1 aromatic rings. The zero-order valence-corrected chi connectivity index (χ0v) is 9.50. The maximum atomic E-state index is 10.7. The predicted octanol–water partition coefficient (Wildman–Crippen LogP) is 1.17. The molecule has 0 aliphatic carbocycles. The van der Waals surface area contributed by atoms with Crippen LogP contribution in [0.1, 0.15) is 6.92 Å². The smallest absolute Gasteiger partial charge is 0.271 e. The zero-order valence-electron chi connectivity index (χ0n) is 9.50. The van der Waals surface area contributed by atoms with Crippen molar-refractivity contribution in [1.82, 2.24) is 0 Å². The summed E-state index contributed by atoms with van der Waals surface area (Å²) in [7, 11) is 0. The maximum absolute atomic E-state index is 10.7. The van der Waals surface area contributed by atoms with Gasteiger partial charge in [-0.3, -0.25) is 10.1 Å². The first-order valence-electron chi connectivity index (χ1n) is 5.46. The van der Waals surface area contributed by atoms with Crippen molar-refractivity contribution in [2.24, 2.45) is 0 Å². The number of nitrogens with zero attached hydrogens (tertiary/aromatic N) is 2. The minimum absolute atomic E-state index is 0.0298. The van der Waals surface area contributed by atoms with Crippen LogP contribution in [0.3, 0.4) is 0 Å². The van der Waals surface area contributed by atoms with Crippen LogP contribution in [-0.2, 0) is 0 Å². The Morgan fingerprint density at radius 2 is 2.41 bits per heavy atom. The quantitative estimate of drug-likeness (QED) is 0.618. The number of rotatable bonds is 2. The molecule has 1 aliphatic heterocycles. The first-order valence-corrected chi connectivity index (χ1v) is 5.46. The SMILES string of the molecule is CCN1CC(O)COc2ccc([N+](=O)[O-])cc21. The van der Waals surface area contributed by atoms with Crippen LogP contribution in [0.15, 0.2) is 18.2 Å². The molecule has 0 amide bonds. The van der Waals surface area contributed by atoms with Gasteiger partial charge in [-0.05, 0) is 13.0 Å². The fourth-order valence-corrected chi connectivity index (χ4v) is 1.88. The van der Waals surface area contributed by atoms with E-state index in [9.17, 15) is 15.2 Å². The summed E-state index contributed by atoms with van der Waals surface area (Å²) in [6.07, 6.45) is -0.582. The molecule has 6 nitrogen and oxygen atoms in total. The van der Waals surface area contributed by atoms with Gasteiger partial charge in [0.1, 0.15) is 18.5 Å². The normalized spacial score (nSPS) is 19.2. The number of benzene rings is 1. The average molecular weight is 238 g/mol. The van der Waals surface area contributed by atoms with E-state index in [4.69, 9.17) is 4.74 Å². The Hall–Kier alpha value is -1.82. The Morgan fingerprint density at radius 3 is 3.06 bits per heavy atom. The van der Waals surface area contributed by atoms with Crippen LogP contribution in [0.4, 0.5) is 11.4 Å². The number of likely N-dealkylation sites (N-methyl/N-ethyl adjacent to an activating group) is 1. The Balaban J connectivity index is 2.42. The van der Waals surface area contributed by atoms with Gasteiger partial charge in [0, 0.05) is 25.2 Å². The third-order valence-electron chi connectivity index (χ3n) is 2.74. The molecule has 1 heterocycles. The Kier molecular flexibility index (Phi) is 3.14. The van der Waals surface area contributed by atoms with Crippen molar-refractivity contribution in [3.63, 3.8) is 0 Å². The number of nitro benzene ring substituents is 1. The van der Waals surface area contributed by atoms with E-state index in [0.29, 0.717) is 24.5 Å². The largest absolute Gasteiger partial charge is 0.489 e. The molecule has 17 heavy (non-hydrogen) atoms. The van der Waals surface area contributed by atoms with Gasteiger partial charge in [0.05, 0.1) is 10.6 Å². The van der Waals surface area contributed by atoms with Crippen LogP contribution in [-0.4, -0.2) is 35.8 Å². The van der Waals surface area contributed by atoms with E-state index < -0.39 is 11.0 Å². The van der Waals surface area contributed by atoms with Crippen LogP contribution < -0.4 is 9.64 Å². The molecule has 0 spiro atoms. The summed E-state index contributed by atoms with van der Waals surface area (Å²) in [4.78, 5) is 12.2. The third kappa shape index (κ3) is 2.31. The molecule has 0 bridgehead atoms. The lowest BCUT2D eigenvalue weighted by atomic mass is 10.2. The molecule has 0 saturated heterocycles. The summed E-state index contributed by atoms with van der Waals surface area (Å²) in [6, 6.07) is 4.47. The predicted molar refractivity (Wildman–Crippen MR) is 62.5 cm³/mol. The number of aliphatic hydroxyl groups is 1. The van der Waals surface area contributed by atoms with Gasteiger partial charge in [-0.15, -0.1) is 0 Å². The minimum atomic E-state index is -0.582. The fourth-order valence-electron chi connectivity index (χ4n) is 1.88. The van der Waals surface area contributed by atoms with Crippen molar-refractivity contribution in [3.8, 4) is 5.75 Å². The van der Waals surface area contributed by atoms with Crippen molar-refractivity contribution in [3.05, 3.63) is 28.3 Å². The highest BCUT2D eigenvalue weighted by Gasteiger charge is 2.22. The molecule has 0 aromatic heterocycles. The van der Waals surface area contributed by atoms with E-state index in [1.54, 1.807) is 6.07 Å². The van der Waals surface area contributed by atoms with Crippen LogP contribution in [0, 0.1) is 10.1 Å². The third-order valence-corrected chi connectivity index (χ3v) is 2.74. The molecular weight excluding hydrogens is 224 g/mol. The summed E-state index contributed by atoms with van der Waals surface area (Å²) >= 11 is 0. The summed E-state index contributed by atoms with van der Waals surface area (Å²) in [6.45, 7) is 3.22. The van der Waals surface area contributed by atoms with Crippen LogP contribution >= 0.6 is 0 Å². The van der Waals surface area contributed by atoms with Crippen LogP contribution in [0.5, 0.6) is 5.75 Å². The summed E-state index contributed by atoms with van der Waals surface area (Å²) < 4.78 is 5.41. The lowest BCUT2D eigenvalue weighted by molar-refractivity contribution is -0.384. The Bertz CT molecular complexity index is 435. The number of anilines is 1. The minimum Gasteiger partial charge on any atom is -0.489 e. The molecule has 0 radical (unpaired) electrons. The Labute approximate surface area is 98.6 Å². The summed E-state index contributed by atoms with van der Waals surface area (Å²) in [5, 5.41) is 20.4. The van der Waals surface area contributed by atoms with E-state index in [2.05, 4.69) is 0 Å². The molecule has 1 atom stereocenters. The van der Waals surface area contributed by atoms with E-state index in [1.807, 2.05) is 11.8 Å². The standard InChI is InChI=1S/C11H14N2O4/c1-2-12-6-9(14)7-17-11-4-3-8(13(15)16)5-10(11)12/h3-5,9,14H,2,6-7H2,1H3. The second kappa shape index (κ2) is 4.58. The lowest BCUT2D eigenvalue weighted by Crippen LogP contribution is -2.32. The van der Waals surface area contributed by atoms with Gasteiger partial charge in [-0.25, -0.2) is 0 Å². The second-order valence-corrected chi connectivity index (χ2v) is 3.91. The molecule has 2 rings (SSSR count). The number of ether oxygens (including phenoxy) is 1.